The number of hydrogen-bond acceptors (Lipinski definition) is 5. The monoisotopic (exact) mass is 275 g/mol. The number of carbonyl (C=O) groups excluding carboxylic acids is 1. The van der Waals surface area contributed by atoms with Crippen LogP contribution in [0.3, 0.4) is 0 Å². The summed E-state index contributed by atoms with van der Waals surface area (Å²) in [5.74, 6) is -1.29. The summed E-state index contributed by atoms with van der Waals surface area (Å²) >= 11 is 0. The number of ether oxygens (including phenoxy) is 2. The molecule has 106 valence electrons. The summed E-state index contributed by atoms with van der Waals surface area (Å²) in [6.07, 6.45) is 1.36. The fourth-order valence-corrected chi connectivity index (χ4v) is 2.09. The number of methoxy groups -OCH3 is 2. The minimum Gasteiger partial charge on any atom is -0.467 e. The molecule has 5 nitrogen and oxygen atoms in total. The molecule has 2 aromatic rings. The van der Waals surface area contributed by atoms with Crippen LogP contribution in [0.4, 0.5) is 0 Å². The second kappa shape index (κ2) is 6.00. The lowest BCUT2D eigenvalue weighted by Gasteiger charge is -2.29. The van der Waals surface area contributed by atoms with Crippen LogP contribution in [0.25, 0.3) is 0 Å². The normalized spacial score (nSPS) is 11.6. The Morgan fingerprint density at radius 1 is 1.25 bits per heavy atom. The van der Waals surface area contributed by atoms with Gasteiger partial charge in [0.1, 0.15) is 12.0 Å². The molecule has 0 aliphatic heterocycles. The SMILES string of the molecule is COC(OC)(C(=O)c1coc(CN)c1)c1ccccc1. The minimum absolute atomic E-state index is 0.228. The highest BCUT2D eigenvalue weighted by atomic mass is 16.7. The molecule has 0 aliphatic carbocycles. The quantitative estimate of drug-likeness (QED) is 0.645. The number of hydrogen-bond donors (Lipinski definition) is 1. The molecular formula is C15H17NO4. The molecule has 2 rings (SSSR count). The van der Waals surface area contributed by atoms with Crippen molar-refractivity contribution >= 4 is 5.78 Å². The van der Waals surface area contributed by atoms with Crippen LogP contribution in [-0.2, 0) is 21.8 Å². The zero-order valence-corrected chi connectivity index (χ0v) is 11.5. The minimum atomic E-state index is -1.49. The fraction of sp³-hybridized carbons (Fsp3) is 0.267. The summed E-state index contributed by atoms with van der Waals surface area (Å²) < 4.78 is 16.0. The lowest BCUT2D eigenvalue weighted by Crippen LogP contribution is -2.39. The van der Waals surface area contributed by atoms with E-state index in [9.17, 15) is 4.79 Å². The molecule has 0 saturated carbocycles. The van der Waals surface area contributed by atoms with E-state index in [1.807, 2.05) is 18.2 Å². The highest BCUT2D eigenvalue weighted by Gasteiger charge is 2.42. The van der Waals surface area contributed by atoms with Gasteiger partial charge in [0.05, 0.1) is 12.1 Å². The van der Waals surface area contributed by atoms with Crippen LogP contribution in [-0.4, -0.2) is 20.0 Å². The molecule has 5 heteroatoms. The molecule has 0 saturated heterocycles. The van der Waals surface area contributed by atoms with Crippen molar-refractivity contribution in [3.05, 3.63) is 59.5 Å². The molecule has 0 aliphatic rings. The molecule has 0 spiro atoms. The maximum Gasteiger partial charge on any atom is 0.260 e. The largest absolute Gasteiger partial charge is 0.467 e. The second-order valence-corrected chi connectivity index (χ2v) is 4.23. The Kier molecular flexibility index (Phi) is 4.34. The first-order valence-electron chi connectivity index (χ1n) is 6.16. The first-order valence-corrected chi connectivity index (χ1v) is 6.16. The maximum atomic E-state index is 12.7. The predicted molar refractivity (Wildman–Crippen MR) is 73.1 cm³/mol. The molecular weight excluding hydrogens is 258 g/mol. The molecule has 0 radical (unpaired) electrons. The van der Waals surface area contributed by atoms with Crippen molar-refractivity contribution in [3.8, 4) is 0 Å². The van der Waals surface area contributed by atoms with E-state index in [-0.39, 0.29) is 12.3 Å². The van der Waals surface area contributed by atoms with E-state index in [2.05, 4.69) is 0 Å². The molecule has 1 aromatic carbocycles. The Morgan fingerprint density at radius 2 is 1.90 bits per heavy atom. The van der Waals surface area contributed by atoms with E-state index in [1.54, 1.807) is 18.2 Å². The molecule has 20 heavy (non-hydrogen) atoms. The molecule has 0 amide bonds. The summed E-state index contributed by atoms with van der Waals surface area (Å²) in [4.78, 5) is 12.7. The van der Waals surface area contributed by atoms with E-state index >= 15 is 0 Å². The third-order valence-corrected chi connectivity index (χ3v) is 3.14. The zero-order valence-electron chi connectivity index (χ0n) is 11.5. The van der Waals surface area contributed by atoms with Crippen LogP contribution < -0.4 is 5.73 Å². The summed E-state index contributed by atoms with van der Waals surface area (Å²) in [5, 5.41) is 0. The molecule has 0 unspecified atom stereocenters. The van der Waals surface area contributed by atoms with Gasteiger partial charge in [0.2, 0.25) is 5.78 Å². The average Bonchev–Trinajstić information content (AvgIpc) is 2.99. The summed E-state index contributed by atoms with van der Waals surface area (Å²) in [5.41, 5.74) is 6.46. The van der Waals surface area contributed by atoms with Gasteiger partial charge in [-0.1, -0.05) is 30.3 Å². The maximum absolute atomic E-state index is 12.7. The summed E-state index contributed by atoms with van der Waals surface area (Å²) in [6.45, 7) is 0.228. The van der Waals surface area contributed by atoms with E-state index in [4.69, 9.17) is 19.6 Å². The van der Waals surface area contributed by atoms with Gasteiger partial charge in [-0.15, -0.1) is 0 Å². The van der Waals surface area contributed by atoms with Crippen LogP contribution in [0.15, 0.2) is 47.1 Å². The molecule has 0 fully saturated rings. The average molecular weight is 275 g/mol. The smallest absolute Gasteiger partial charge is 0.260 e. The lowest BCUT2D eigenvalue weighted by atomic mass is 9.97. The summed E-state index contributed by atoms with van der Waals surface area (Å²) in [7, 11) is 2.86. The van der Waals surface area contributed by atoms with Crippen molar-refractivity contribution in [2.75, 3.05) is 14.2 Å². The van der Waals surface area contributed by atoms with E-state index in [0.29, 0.717) is 16.9 Å². The van der Waals surface area contributed by atoms with E-state index < -0.39 is 5.79 Å². The van der Waals surface area contributed by atoms with Crippen LogP contribution in [0.2, 0.25) is 0 Å². The van der Waals surface area contributed by atoms with Crippen LogP contribution in [0.1, 0.15) is 21.7 Å². The number of carbonyl (C=O) groups is 1. The first kappa shape index (κ1) is 14.5. The fourth-order valence-electron chi connectivity index (χ4n) is 2.09. The third kappa shape index (κ3) is 2.38. The highest BCUT2D eigenvalue weighted by molar-refractivity contribution is 6.01. The van der Waals surface area contributed by atoms with Crippen molar-refractivity contribution < 1.29 is 18.7 Å². The standard InChI is InChI=1S/C15H17NO4/c1-18-15(19-2,12-6-4-3-5-7-12)14(17)11-8-13(9-16)20-10-11/h3-8,10H,9,16H2,1-2H3. The molecule has 0 bridgehead atoms. The van der Waals surface area contributed by atoms with E-state index in [1.165, 1.54) is 20.5 Å². The van der Waals surface area contributed by atoms with Crippen LogP contribution in [0.5, 0.6) is 0 Å². The number of benzene rings is 1. The van der Waals surface area contributed by atoms with Gasteiger partial charge in [0.25, 0.3) is 5.79 Å². The Labute approximate surface area is 117 Å². The Morgan fingerprint density at radius 3 is 2.40 bits per heavy atom. The number of furan rings is 1. The molecule has 1 aromatic heterocycles. The summed E-state index contributed by atoms with van der Waals surface area (Å²) in [6, 6.07) is 10.6. The van der Waals surface area contributed by atoms with Gasteiger partial charge >= 0.3 is 0 Å². The lowest BCUT2D eigenvalue weighted by molar-refractivity contribution is -0.176. The molecule has 2 N–H and O–H groups in total. The second-order valence-electron chi connectivity index (χ2n) is 4.23. The molecule has 1 heterocycles. The Bertz CT molecular complexity index is 573. The van der Waals surface area contributed by atoms with Crippen LogP contribution in [0, 0.1) is 0 Å². The predicted octanol–water partition coefficient (Wildman–Crippen LogP) is 2.07. The van der Waals surface area contributed by atoms with Gasteiger partial charge in [0.15, 0.2) is 0 Å². The van der Waals surface area contributed by atoms with Gasteiger partial charge in [-0.25, -0.2) is 0 Å². The van der Waals surface area contributed by atoms with Crippen molar-refractivity contribution in [2.45, 2.75) is 12.3 Å². The number of rotatable bonds is 6. The van der Waals surface area contributed by atoms with Gasteiger partial charge in [-0.05, 0) is 6.07 Å². The zero-order chi connectivity index (χ0) is 14.6. The topological polar surface area (TPSA) is 74.7 Å². The van der Waals surface area contributed by atoms with Crippen molar-refractivity contribution in [1.29, 1.82) is 0 Å². The third-order valence-electron chi connectivity index (χ3n) is 3.14. The van der Waals surface area contributed by atoms with Gasteiger partial charge in [-0.3, -0.25) is 4.79 Å². The highest BCUT2D eigenvalue weighted by Crippen LogP contribution is 2.30. The van der Waals surface area contributed by atoms with Crippen molar-refractivity contribution in [1.82, 2.24) is 0 Å². The van der Waals surface area contributed by atoms with Crippen LogP contribution >= 0.6 is 0 Å². The van der Waals surface area contributed by atoms with Gasteiger partial charge in [0, 0.05) is 19.8 Å². The van der Waals surface area contributed by atoms with Gasteiger partial charge < -0.3 is 19.6 Å². The van der Waals surface area contributed by atoms with Crippen molar-refractivity contribution in [3.63, 3.8) is 0 Å². The van der Waals surface area contributed by atoms with Crippen molar-refractivity contribution in [2.24, 2.45) is 5.73 Å². The number of nitrogens with two attached hydrogens (primary N) is 1. The number of Topliss-reactive ketones (excluding diaryl/α,β-unsaturated/α-hetero) is 1. The molecule has 0 atom stereocenters. The Balaban J connectivity index is 2.45. The number of ketones is 1. The van der Waals surface area contributed by atoms with E-state index in [0.717, 1.165) is 0 Å². The first-order chi connectivity index (χ1) is 9.67. The Hall–Kier alpha value is -1.95. The van der Waals surface area contributed by atoms with Gasteiger partial charge in [-0.2, -0.15) is 0 Å².